The number of para-hydroxylation sites is 3. The third-order valence-corrected chi connectivity index (χ3v) is 17.1. The highest BCUT2D eigenvalue weighted by Gasteiger charge is 2.54. The van der Waals surface area contributed by atoms with Crippen LogP contribution in [0.1, 0.15) is 124 Å². The van der Waals surface area contributed by atoms with E-state index in [4.69, 9.17) is 0 Å². The molecule has 0 saturated heterocycles. The van der Waals surface area contributed by atoms with E-state index in [1.807, 2.05) is 0 Å². The van der Waals surface area contributed by atoms with Gasteiger partial charge in [-0.2, -0.15) is 0 Å². The van der Waals surface area contributed by atoms with E-state index in [0.29, 0.717) is 0 Å². The van der Waals surface area contributed by atoms with Crippen LogP contribution < -0.4 is 20.6 Å². The minimum Gasteiger partial charge on any atom is -0.376 e. The Kier molecular flexibility index (Phi) is 8.64. The van der Waals surface area contributed by atoms with Gasteiger partial charge in [-0.25, -0.2) is 0 Å². The van der Waals surface area contributed by atoms with E-state index in [0.717, 1.165) is 19.3 Å². The summed E-state index contributed by atoms with van der Waals surface area (Å²) in [6.07, 6.45) is 5.75. The molecule has 13 rings (SSSR count). The summed E-state index contributed by atoms with van der Waals surface area (Å²) in [5, 5.41) is 0. The molecule has 0 N–H and O–H groups in total. The van der Waals surface area contributed by atoms with Gasteiger partial charge in [0, 0.05) is 33.7 Å². The predicted molar refractivity (Wildman–Crippen MR) is 283 cm³/mol. The summed E-state index contributed by atoms with van der Waals surface area (Å²) in [5.41, 5.74) is 26.8. The van der Waals surface area contributed by atoms with Crippen LogP contribution in [0, 0.1) is 0 Å². The Labute approximate surface area is 398 Å². The number of hydrogen-bond donors (Lipinski definition) is 0. The van der Waals surface area contributed by atoms with Gasteiger partial charge in [0.1, 0.15) is 0 Å². The topological polar surface area (TPSA) is 6.48 Å². The zero-order valence-corrected chi connectivity index (χ0v) is 40.2. The van der Waals surface area contributed by atoms with Gasteiger partial charge in [-0.1, -0.05) is 194 Å². The molecule has 3 heteroatoms. The molecular weight excluding hydrogens is 808 g/mol. The van der Waals surface area contributed by atoms with E-state index in [1.54, 1.807) is 0 Å². The predicted octanol–water partition coefficient (Wildman–Crippen LogP) is 15.1. The highest BCUT2D eigenvalue weighted by molar-refractivity contribution is 6.93. The van der Waals surface area contributed by atoms with Crippen LogP contribution in [0.2, 0.25) is 0 Å². The maximum Gasteiger partial charge on any atom is 0.333 e. The van der Waals surface area contributed by atoms with Crippen molar-refractivity contribution in [2.24, 2.45) is 0 Å². The number of benzene rings is 8. The number of hydrogen-bond acceptors (Lipinski definition) is 2. The van der Waals surface area contributed by atoms with Crippen LogP contribution in [-0.2, 0) is 28.1 Å². The van der Waals surface area contributed by atoms with Gasteiger partial charge in [0.2, 0.25) is 0 Å². The molecule has 0 spiro atoms. The second-order valence-electron chi connectivity index (χ2n) is 22.1. The van der Waals surface area contributed by atoms with Crippen LogP contribution in [0.4, 0.5) is 28.4 Å². The molecular formula is C64H59BN2. The van der Waals surface area contributed by atoms with Crippen molar-refractivity contribution in [2.75, 3.05) is 9.71 Å². The van der Waals surface area contributed by atoms with Gasteiger partial charge >= 0.3 is 6.85 Å². The number of anilines is 5. The first kappa shape index (κ1) is 40.7. The Morgan fingerprint density at radius 2 is 1.10 bits per heavy atom. The molecule has 0 bridgehead atoms. The lowest BCUT2D eigenvalue weighted by Crippen LogP contribution is -2.63. The normalized spacial score (nSPS) is 17.6. The van der Waals surface area contributed by atoms with E-state index >= 15 is 0 Å². The zero-order chi connectivity index (χ0) is 45.6. The molecule has 0 unspecified atom stereocenters. The largest absolute Gasteiger partial charge is 0.376 e. The van der Waals surface area contributed by atoms with Crippen LogP contribution in [0.25, 0.3) is 22.3 Å². The fourth-order valence-electron chi connectivity index (χ4n) is 13.7. The first-order chi connectivity index (χ1) is 32.5. The first-order valence-corrected chi connectivity index (χ1v) is 25.0. The standard InChI is InChI=1S/C64H59BN2/c1-8-9-22-41-37-48-46-34-33-45-47-39-52-53(62(4,5)36-35-61(52,2)3)40-51(47)63(6,7)57(45)59(46)67(44-27-17-12-18-28-44)65-54-31-21-30-50-60(54)66(56(38-41)58(48)65)55-32-20-19-29-49(55)64(50,42-23-13-10-14-24-42)43-25-15-11-16-26-43/h10-21,23-34,37-40H,8-9,22,35-36H2,1-7H3. The lowest BCUT2D eigenvalue weighted by molar-refractivity contribution is 0.331. The van der Waals surface area contributed by atoms with Crippen LogP contribution in [0.15, 0.2) is 170 Å². The summed E-state index contributed by atoms with van der Waals surface area (Å²) in [6.45, 7) is 17.2. The van der Waals surface area contributed by atoms with Crippen molar-refractivity contribution in [1.29, 1.82) is 0 Å². The highest BCUT2D eigenvalue weighted by Crippen LogP contribution is 2.62. The fourth-order valence-corrected chi connectivity index (χ4v) is 13.7. The number of unbranched alkanes of at least 4 members (excludes halogenated alkanes) is 1. The van der Waals surface area contributed by atoms with E-state index in [2.05, 4.69) is 228 Å². The minimum absolute atomic E-state index is 0.0853. The molecule has 0 atom stereocenters. The maximum absolute atomic E-state index is 2.79. The molecule has 3 heterocycles. The van der Waals surface area contributed by atoms with Crippen molar-refractivity contribution in [3.63, 3.8) is 0 Å². The number of rotatable bonds is 6. The summed E-state index contributed by atoms with van der Waals surface area (Å²) >= 11 is 0. The molecule has 8 aromatic rings. The molecule has 67 heavy (non-hydrogen) atoms. The molecule has 3 aliphatic heterocycles. The van der Waals surface area contributed by atoms with Crippen LogP contribution in [-0.4, -0.2) is 6.85 Å². The summed E-state index contributed by atoms with van der Waals surface area (Å²) in [4.78, 5) is 5.47. The van der Waals surface area contributed by atoms with Crippen molar-refractivity contribution < 1.29 is 0 Å². The molecule has 328 valence electrons. The van der Waals surface area contributed by atoms with Crippen molar-refractivity contribution in [2.45, 2.75) is 102 Å². The molecule has 0 amide bonds. The highest BCUT2D eigenvalue weighted by atomic mass is 15.2. The van der Waals surface area contributed by atoms with Crippen molar-refractivity contribution >= 4 is 46.2 Å². The summed E-state index contributed by atoms with van der Waals surface area (Å²) in [6, 6.07) is 66.0. The van der Waals surface area contributed by atoms with E-state index in [9.17, 15) is 0 Å². The van der Waals surface area contributed by atoms with Gasteiger partial charge in [-0.3, -0.25) is 0 Å². The van der Waals surface area contributed by atoms with E-state index in [1.165, 1.54) is 125 Å². The van der Waals surface area contributed by atoms with Crippen molar-refractivity contribution in [1.82, 2.24) is 0 Å². The van der Waals surface area contributed by atoms with Crippen LogP contribution >= 0.6 is 0 Å². The molecule has 2 aliphatic carbocycles. The van der Waals surface area contributed by atoms with Crippen molar-refractivity contribution in [3.8, 4) is 22.3 Å². The Balaban J connectivity index is 1.16. The Morgan fingerprint density at radius 3 is 1.79 bits per heavy atom. The average molecular weight is 867 g/mol. The van der Waals surface area contributed by atoms with E-state index < -0.39 is 5.41 Å². The van der Waals surface area contributed by atoms with Gasteiger partial charge in [-0.05, 0) is 145 Å². The van der Waals surface area contributed by atoms with Gasteiger partial charge in [-0.15, -0.1) is 0 Å². The number of aryl methyl sites for hydroxylation is 1. The summed E-state index contributed by atoms with van der Waals surface area (Å²) < 4.78 is 0. The van der Waals surface area contributed by atoms with E-state index in [-0.39, 0.29) is 23.1 Å². The summed E-state index contributed by atoms with van der Waals surface area (Å²) in [7, 11) is 0. The fraction of sp³-hybridized carbons (Fsp3) is 0.250. The maximum atomic E-state index is 2.79. The van der Waals surface area contributed by atoms with Gasteiger partial charge < -0.3 is 9.71 Å². The molecule has 8 aromatic carbocycles. The third kappa shape index (κ3) is 5.40. The zero-order valence-electron chi connectivity index (χ0n) is 40.2. The average Bonchev–Trinajstić information content (AvgIpc) is 3.58. The Hall–Kier alpha value is -6.58. The van der Waals surface area contributed by atoms with Crippen LogP contribution in [0.3, 0.4) is 0 Å². The van der Waals surface area contributed by atoms with Gasteiger partial charge in [0.15, 0.2) is 0 Å². The summed E-state index contributed by atoms with van der Waals surface area (Å²) in [5.74, 6) is 0. The van der Waals surface area contributed by atoms with Gasteiger partial charge in [0.25, 0.3) is 0 Å². The molecule has 5 aliphatic rings. The first-order valence-electron chi connectivity index (χ1n) is 25.0. The second kappa shape index (κ2) is 14.2. The second-order valence-corrected chi connectivity index (χ2v) is 22.1. The van der Waals surface area contributed by atoms with Crippen molar-refractivity contribution in [3.05, 3.63) is 220 Å². The molecule has 0 aromatic heterocycles. The molecule has 0 radical (unpaired) electrons. The quantitative estimate of drug-likeness (QED) is 0.154. The smallest absolute Gasteiger partial charge is 0.333 e. The Bertz CT molecular complexity index is 3290. The molecule has 2 nitrogen and oxygen atoms in total. The third-order valence-electron chi connectivity index (χ3n) is 17.1. The number of fused-ring (bicyclic) bond motifs is 11. The SMILES string of the molecule is CCCCc1cc2c3c(c1)N1c4ccccc4C(c4ccccc4)(c4ccccc4)c4cccc(c41)B3N(c1ccccc1)c1c-2ccc2c1C(C)(C)c1cc3c(cc1-2)C(C)(C)CCC3(C)C. The lowest BCUT2D eigenvalue weighted by Gasteiger charge is -2.52. The monoisotopic (exact) mass is 866 g/mol. The Morgan fingerprint density at radius 1 is 0.493 bits per heavy atom. The van der Waals surface area contributed by atoms with Gasteiger partial charge in [0.05, 0.1) is 11.1 Å². The number of nitrogens with zero attached hydrogens (tertiary/aromatic N) is 2. The lowest BCUT2D eigenvalue weighted by atomic mass is 9.42. The minimum atomic E-state index is -0.559. The molecule has 0 saturated carbocycles. The van der Waals surface area contributed by atoms with Crippen LogP contribution in [0.5, 0.6) is 0 Å². The molecule has 0 fully saturated rings.